The molecule has 29 heavy (non-hydrogen) atoms. The van der Waals surface area contributed by atoms with Gasteiger partial charge in [-0.15, -0.1) is 0 Å². The fraction of sp³-hybridized carbons (Fsp3) is 0.150. The molecule has 7 nitrogen and oxygen atoms in total. The van der Waals surface area contributed by atoms with Crippen LogP contribution in [-0.4, -0.2) is 24.6 Å². The molecule has 0 aliphatic carbocycles. The molecule has 1 aromatic heterocycles. The number of sulfonamides is 1. The summed E-state index contributed by atoms with van der Waals surface area (Å²) in [6.07, 6.45) is 4.45. The first-order valence-electron chi connectivity index (χ1n) is 8.63. The SMILES string of the molecule is CS(=O)(=O)Nc1ccc(CC(Nc2ncc(C#N)cn2)c2ccc(F)cc2)cc1. The van der Waals surface area contributed by atoms with Crippen LogP contribution in [0.5, 0.6) is 0 Å². The molecule has 3 rings (SSSR count). The average Bonchev–Trinajstić information content (AvgIpc) is 2.69. The molecule has 1 atom stereocenters. The van der Waals surface area contributed by atoms with E-state index >= 15 is 0 Å². The minimum Gasteiger partial charge on any atom is -0.347 e. The highest BCUT2D eigenvalue weighted by Crippen LogP contribution is 2.23. The van der Waals surface area contributed by atoms with Crippen LogP contribution in [0.4, 0.5) is 16.0 Å². The second-order valence-electron chi connectivity index (χ2n) is 6.43. The van der Waals surface area contributed by atoms with E-state index in [0.717, 1.165) is 17.4 Å². The summed E-state index contributed by atoms with van der Waals surface area (Å²) in [5, 5.41) is 12.1. The van der Waals surface area contributed by atoms with Gasteiger partial charge in [-0.25, -0.2) is 22.8 Å². The summed E-state index contributed by atoms with van der Waals surface area (Å²) in [7, 11) is -3.34. The molecule has 0 saturated heterocycles. The Balaban J connectivity index is 1.82. The lowest BCUT2D eigenvalue weighted by molar-refractivity contribution is 0.606. The van der Waals surface area contributed by atoms with Crippen molar-refractivity contribution < 1.29 is 12.8 Å². The molecule has 0 aliphatic heterocycles. The first-order valence-corrected chi connectivity index (χ1v) is 10.5. The van der Waals surface area contributed by atoms with Crippen LogP contribution in [0.2, 0.25) is 0 Å². The number of hydrogen-bond acceptors (Lipinski definition) is 6. The number of nitriles is 1. The van der Waals surface area contributed by atoms with Crippen LogP contribution in [0.3, 0.4) is 0 Å². The molecule has 0 aliphatic rings. The van der Waals surface area contributed by atoms with E-state index in [1.807, 2.05) is 18.2 Å². The highest BCUT2D eigenvalue weighted by Gasteiger charge is 2.14. The van der Waals surface area contributed by atoms with Crippen molar-refractivity contribution in [3.63, 3.8) is 0 Å². The molecule has 2 N–H and O–H groups in total. The molecule has 0 saturated carbocycles. The van der Waals surface area contributed by atoms with Crippen LogP contribution in [-0.2, 0) is 16.4 Å². The molecule has 0 bridgehead atoms. The molecule has 1 heterocycles. The summed E-state index contributed by atoms with van der Waals surface area (Å²) in [4.78, 5) is 8.27. The maximum absolute atomic E-state index is 13.3. The van der Waals surface area contributed by atoms with Gasteiger partial charge in [0.1, 0.15) is 11.9 Å². The number of anilines is 2. The van der Waals surface area contributed by atoms with Gasteiger partial charge < -0.3 is 5.32 Å². The Morgan fingerprint density at radius 1 is 1.07 bits per heavy atom. The van der Waals surface area contributed by atoms with Gasteiger partial charge in [-0.3, -0.25) is 4.72 Å². The lowest BCUT2D eigenvalue weighted by atomic mass is 9.98. The van der Waals surface area contributed by atoms with Gasteiger partial charge in [-0.05, 0) is 41.8 Å². The predicted molar refractivity (Wildman–Crippen MR) is 108 cm³/mol. The van der Waals surface area contributed by atoms with Crippen molar-refractivity contribution in [3.8, 4) is 6.07 Å². The van der Waals surface area contributed by atoms with Gasteiger partial charge in [0.15, 0.2) is 0 Å². The van der Waals surface area contributed by atoms with Crippen molar-refractivity contribution in [2.75, 3.05) is 16.3 Å². The fourth-order valence-electron chi connectivity index (χ4n) is 2.72. The lowest BCUT2D eigenvalue weighted by Crippen LogP contribution is -2.16. The zero-order valence-electron chi connectivity index (χ0n) is 15.5. The first kappa shape index (κ1) is 20.2. The third-order valence-corrected chi connectivity index (χ3v) is 4.66. The zero-order valence-corrected chi connectivity index (χ0v) is 16.3. The lowest BCUT2D eigenvalue weighted by Gasteiger charge is -2.19. The second kappa shape index (κ2) is 8.67. The van der Waals surface area contributed by atoms with Gasteiger partial charge in [-0.1, -0.05) is 24.3 Å². The highest BCUT2D eigenvalue weighted by atomic mass is 32.2. The van der Waals surface area contributed by atoms with E-state index in [1.165, 1.54) is 24.5 Å². The van der Waals surface area contributed by atoms with Crippen molar-refractivity contribution in [1.82, 2.24) is 9.97 Å². The Hall–Kier alpha value is -3.51. The maximum atomic E-state index is 13.3. The largest absolute Gasteiger partial charge is 0.347 e. The molecule has 9 heteroatoms. The van der Waals surface area contributed by atoms with E-state index in [1.54, 1.807) is 24.3 Å². The molecule has 0 fully saturated rings. The predicted octanol–water partition coefficient (Wildman–Crippen LogP) is 3.25. The maximum Gasteiger partial charge on any atom is 0.229 e. The number of nitrogens with one attached hydrogen (secondary N) is 2. The Morgan fingerprint density at radius 3 is 2.24 bits per heavy atom. The fourth-order valence-corrected chi connectivity index (χ4v) is 3.29. The summed E-state index contributed by atoms with van der Waals surface area (Å²) in [6.45, 7) is 0. The number of benzene rings is 2. The van der Waals surface area contributed by atoms with Crippen molar-refractivity contribution in [2.24, 2.45) is 0 Å². The molecule has 3 aromatic rings. The van der Waals surface area contributed by atoms with Gasteiger partial charge in [0.2, 0.25) is 16.0 Å². The minimum absolute atomic E-state index is 0.266. The number of hydrogen-bond donors (Lipinski definition) is 2. The summed E-state index contributed by atoms with van der Waals surface area (Å²) in [5.41, 5.74) is 2.58. The molecule has 0 radical (unpaired) electrons. The Labute approximate surface area is 168 Å². The standard InChI is InChI=1S/C20H18FN5O2S/c1-29(27,28)26-18-8-2-14(3-9-18)10-19(16-4-6-17(21)7-5-16)25-20-23-12-15(11-22)13-24-20/h2-9,12-13,19,26H,10H2,1H3,(H,23,24,25). The molecule has 0 spiro atoms. The second-order valence-corrected chi connectivity index (χ2v) is 8.18. The molecule has 0 amide bonds. The molecule has 2 aromatic carbocycles. The molecular weight excluding hydrogens is 393 g/mol. The number of nitrogens with zero attached hydrogens (tertiary/aromatic N) is 3. The summed E-state index contributed by atoms with van der Waals surface area (Å²) < 4.78 is 38.4. The molecule has 148 valence electrons. The van der Waals surface area contributed by atoms with Crippen LogP contribution < -0.4 is 10.0 Å². The molecule has 1 unspecified atom stereocenters. The van der Waals surface area contributed by atoms with E-state index in [9.17, 15) is 12.8 Å². The van der Waals surface area contributed by atoms with Crippen LogP contribution in [0.25, 0.3) is 0 Å². The zero-order chi connectivity index (χ0) is 20.9. The number of halogens is 1. The molecular formula is C20H18FN5O2S. The Morgan fingerprint density at radius 2 is 1.69 bits per heavy atom. The third kappa shape index (κ3) is 5.99. The Bertz CT molecular complexity index is 1110. The van der Waals surface area contributed by atoms with Crippen LogP contribution >= 0.6 is 0 Å². The van der Waals surface area contributed by atoms with Gasteiger partial charge in [0.05, 0.1) is 30.3 Å². The summed E-state index contributed by atoms with van der Waals surface area (Å²) in [6, 6.07) is 14.8. The van der Waals surface area contributed by atoms with E-state index in [0.29, 0.717) is 23.6 Å². The average molecular weight is 411 g/mol. The Kier molecular flexibility index (Phi) is 6.04. The minimum atomic E-state index is -3.34. The smallest absolute Gasteiger partial charge is 0.229 e. The van der Waals surface area contributed by atoms with Crippen molar-refractivity contribution in [1.29, 1.82) is 5.26 Å². The van der Waals surface area contributed by atoms with Crippen LogP contribution in [0, 0.1) is 17.1 Å². The first-order chi connectivity index (χ1) is 13.8. The monoisotopic (exact) mass is 411 g/mol. The van der Waals surface area contributed by atoms with E-state index < -0.39 is 10.0 Å². The van der Waals surface area contributed by atoms with E-state index in [-0.39, 0.29) is 11.9 Å². The third-order valence-electron chi connectivity index (χ3n) is 4.05. The van der Waals surface area contributed by atoms with E-state index in [4.69, 9.17) is 5.26 Å². The van der Waals surface area contributed by atoms with Crippen LogP contribution in [0.1, 0.15) is 22.7 Å². The summed E-state index contributed by atoms with van der Waals surface area (Å²) in [5.74, 6) is 0.00649. The quantitative estimate of drug-likeness (QED) is 0.618. The van der Waals surface area contributed by atoms with Gasteiger partial charge in [0, 0.05) is 5.69 Å². The van der Waals surface area contributed by atoms with Gasteiger partial charge in [0.25, 0.3) is 0 Å². The number of aromatic nitrogens is 2. The van der Waals surface area contributed by atoms with Crippen molar-refractivity contribution in [2.45, 2.75) is 12.5 Å². The normalized spacial score (nSPS) is 12.0. The van der Waals surface area contributed by atoms with Crippen molar-refractivity contribution >= 4 is 21.7 Å². The van der Waals surface area contributed by atoms with Gasteiger partial charge >= 0.3 is 0 Å². The number of rotatable bonds is 7. The van der Waals surface area contributed by atoms with Gasteiger partial charge in [-0.2, -0.15) is 5.26 Å². The van der Waals surface area contributed by atoms with Crippen molar-refractivity contribution in [3.05, 3.63) is 83.4 Å². The highest BCUT2D eigenvalue weighted by molar-refractivity contribution is 7.92. The summed E-state index contributed by atoms with van der Waals surface area (Å²) >= 11 is 0. The topological polar surface area (TPSA) is 108 Å². The van der Waals surface area contributed by atoms with E-state index in [2.05, 4.69) is 20.0 Å². The van der Waals surface area contributed by atoms with Crippen LogP contribution in [0.15, 0.2) is 60.9 Å².